The first kappa shape index (κ1) is 17.2. The summed E-state index contributed by atoms with van der Waals surface area (Å²) in [6.07, 6.45) is 0. The van der Waals surface area contributed by atoms with Gasteiger partial charge in [-0.1, -0.05) is 15.9 Å². The molecule has 0 spiro atoms. The van der Waals surface area contributed by atoms with Gasteiger partial charge in [0.25, 0.3) is 0 Å². The highest BCUT2D eigenvalue weighted by molar-refractivity contribution is 9.10. The highest BCUT2D eigenvalue weighted by atomic mass is 79.9. The highest BCUT2D eigenvalue weighted by Crippen LogP contribution is 2.14. The summed E-state index contributed by atoms with van der Waals surface area (Å²) in [4.78, 5) is 6.53. The average molecular weight is 373 g/mol. The maximum atomic E-state index is 13.3. The van der Waals surface area contributed by atoms with Crippen molar-refractivity contribution in [2.24, 2.45) is 4.99 Å². The third-order valence-electron chi connectivity index (χ3n) is 3.43. The lowest BCUT2D eigenvalue weighted by atomic mass is 10.2. The van der Waals surface area contributed by atoms with Crippen LogP contribution < -0.4 is 10.6 Å². The van der Waals surface area contributed by atoms with E-state index in [2.05, 4.69) is 36.5 Å². The molecule has 0 atom stereocenters. The molecule has 1 heterocycles. The van der Waals surface area contributed by atoms with Crippen LogP contribution in [0.15, 0.2) is 27.7 Å². The second-order valence-corrected chi connectivity index (χ2v) is 6.00. The number of morpholine rings is 1. The first-order valence-electron chi connectivity index (χ1n) is 7.37. The Kier molecular flexibility index (Phi) is 7.08. The lowest BCUT2D eigenvalue weighted by Crippen LogP contribution is -2.44. The zero-order chi connectivity index (χ0) is 15.8. The summed E-state index contributed by atoms with van der Waals surface area (Å²) in [6.45, 7) is 5.86. The molecule has 2 N–H and O–H groups in total. The van der Waals surface area contributed by atoms with Crippen LogP contribution in [-0.2, 0) is 11.3 Å². The molecule has 2 rings (SSSR count). The van der Waals surface area contributed by atoms with Gasteiger partial charge in [0.05, 0.1) is 13.2 Å². The molecule has 0 saturated carbocycles. The molecule has 1 aliphatic rings. The van der Waals surface area contributed by atoms with Crippen LogP contribution in [0.1, 0.15) is 5.56 Å². The SMILES string of the molecule is CN=C(NCCN1CCOCC1)NCc1cc(F)cc(Br)c1. The number of nitrogens with zero attached hydrogens (tertiary/aromatic N) is 2. The van der Waals surface area contributed by atoms with Crippen molar-refractivity contribution in [3.8, 4) is 0 Å². The Morgan fingerprint density at radius 2 is 2.09 bits per heavy atom. The van der Waals surface area contributed by atoms with Crippen LogP contribution in [0.4, 0.5) is 4.39 Å². The highest BCUT2D eigenvalue weighted by Gasteiger charge is 2.09. The Labute approximate surface area is 139 Å². The second-order valence-electron chi connectivity index (χ2n) is 5.08. The molecular formula is C15H22BrFN4O. The van der Waals surface area contributed by atoms with Gasteiger partial charge >= 0.3 is 0 Å². The zero-order valence-corrected chi connectivity index (χ0v) is 14.3. The number of benzene rings is 1. The molecule has 1 aromatic rings. The number of ether oxygens (including phenoxy) is 1. The fourth-order valence-electron chi connectivity index (χ4n) is 2.28. The van der Waals surface area contributed by atoms with E-state index in [1.54, 1.807) is 7.05 Å². The molecule has 1 fully saturated rings. The number of hydrogen-bond acceptors (Lipinski definition) is 3. The van der Waals surface area contributed by atoms with Crippen molar-refractivity contribution in [1.29, 1.82) is 0 Å². The van der Waals surface area contributed by atoms with Gasteiger partial charge in [0.2, 0.25) is 0 Å². The van der Waals surface area contributed by atoms with E-state index in [9.17, 15) is 4.39 Å². The first-order valence-corrected chi connectivity index (χ1v) is 8.16. The number of guanidine groups is 1. The third-order valence-corrected chi connectivity index (χ3v) is 3.89. The minimum atomic E-state index is -0.249. The second kappa shape index (κ2) is 9.07. The lowest BCUT2D eigenvalue weighted by molar-refractivity contribution is 0.0389. The number of halogens is 2. The topological polar surface area (TPSA) is 48.9 Å². The smallest absolute Gasteiger partial charge is 0.191 e. The Hall–Kier alpha value is -1.18. The summed E-state index contributed by atoms with van der Waals surface area (Å²) in [5.41, 5.74) is 0.864. The van der Waals surface area contributed by atoms with Gasteiger partial charge in [-0.15, -0.1) is 0 Å². The molecule has 0 amide bonds. The molecule has 1 saturated heterocycles. The molecule has 1 aromatic carbocycles. The number of hydrogen-bond donors (Lipinski definition) is 2. The Balaban J connectivity index is 1.72. The van der Waals surface area contributed by atoms with E-state index in [4.69, 9.17) is 4.74 Å². The summed E-state index contributed by atoms with van der Waals surface area (Å²) >= 11 is 3.29. The van der Waals surface area contributed by atoms with E-state index in [-0.39, 0.29) is 5.82 Å². The Morgan fingerprint density at radius 1 is 1.32 bits per heavy atom. The summed E-state index contributed by atoms with van der Waals surface area (Å²) in [7, 11) is 1.73. The van der Waals surface area contributed by atoms with Crippen molar-refractivity contribution in [2.75, 3.05) is 46.4 Å². The Morgan fingerprint density at radius 3 is 2.77 bits per heavy atom. The van der Waals surface area contributed by atoms with Gasteiger partial charge in [0, 0.05) is 44.2 Å². The van der Waals surface area contributed by atoms with E-state index in [1.807, 2.05) is 6.07 Å². The van der Waals surface area contributed by atoms with Gasteiger partial charge < -0.3 is 15.4 Å². The van der Waals surface area contributed by atoms with Crippen molar-refractivity contribution < 1.29 is 9.13 Å². The summed E-state index contributed by atoms with van der Waals surface area (Å²) < 4.78 is 19.4. The molecule has 0 unspecified atom stereocenters. The van der Waals surface area contributed by atoms with E-state index in [0.717, 1.165) is 49.4 Å². The van der Waals surface area contributed by atoms with Crippen LogP contribution in [-0.4, -0.2) is 57.3 Å². The molecule has 1 aliphatic heterocycles. The fraction of sp³-hybridized carbons (Fsp3) is 0.533. The van der Waals surface area contributed by atoms with E-state index in [0.29, 0.717) is 12.5 Å². The van der Waals surface area contributed by atoms with Gasteiger partial charge in [-0.25, -0.2) is 4.39 Å². The van der Waals surface area contributed by atoms with Gasteiger partial charge in [-0.2, -0.15) is 0 Å². The molecule has 5 nitrogen and oxygen atoms in total. The maximum absolute atomic E-state index is 13.3. The molecule has 0 aromatic heterocycles. The van der Waals surface area contributed by atoms with Gasteiger partial charge in [0.15, 0.2) is 5.96 Å². The summed E-state index contributed by atoms with van der Waals surface area (Å²) in [5.74, 6) is 0.468. The molecule has 122 valence electrons. The predicted molar refractivity (Wildman–Crippen MR) is 89.6 cm³/mol. The largest absolute Gasteiger partial charge is 0.379 e. The molecule has 0 radical (unpaired) electrons. The number of rotatable bonds is 5. The van der Waals surface area contributed by atoms with Crippen LogP contribution in [0.3, 0.4) is 0 Å². The molecule has 0 bridgehead atoms. The van der Waals surface area contributed by atoms with Crippen molar-refractivity contribution in [2.45, 2.75) is 6.54 Å². The lowest BCUT2D eigenvalue weighted by Gasteiger charge is -2.26. The fourth-order valence-corrected chi connectivity index (χ4v) is 2.79. The predicted octanol–water partition coefficient (Wildman–Crippen LogP) is 1.59. The van der Waals surface area contributed by atoms with Crippen LogP contribution in [0.2, 0.25) is 0 Å². The first-order chi connectivity index (χ1) is 10.7. The van der Waals surface area contributed by atoms with Crippen molar-refractivity contribution in [1.82, 2.24) is 15.5 Å². The van der Waals surface area contributed by atoms with Gasteiger partial charge in [-0.05, 0) is 23.8 Å². The monoisotopic (exact) mass is 372 g/mol. The number of nitrogens with one attached hydrogen (secondary N) is 2. The minimum Gasteiger partial charge on any atom is -0.379 e. The molecule has 7 heteroatoms. The third kappa shape index (κ3) is 5.90. The normalized spacial score (nSPS) is 16.6. The van der Waals surface area contributed by atoms with Crippen molar-refractivity contribution in [3.05, 3.63) is 34.1 Å². The van der Waals surface area contributed by atoms with Crippen LogP contribution >= 0.6 is 15.9 Å². The number of aliphatic imine (C=N–C) groups is 1. The van der Waals surface area contributed by atoms with Gasteiger partial charge in [-0.3, -0.25) is 9.89 Å². The minimum absolute atomic E-state index is 0.249. The zero-order valence-electron chi connectivity index (χ0n) is 12.7. The summed E-state index contributed by atoms with van der Waals surface area (Å²) in [6, 6.07) is 4.84. The Bertz CT molecular complexity index is 486. The standard InChI is InChI=1S/C15H22BrFN4O/c1-18-15(19-2-3-21-4-6-22-7-5-21)20-11-12-8-13(16)10-14(17)9-12/h8-10H,2-7,11H2,1H3,(H2,18,19,20). The van der Waals surface area contributed by atoms with Crippen LogP contribution in [0.5, 0.6) is 0 Å². The summed E-state index contributed by atoms with van der Waals surface area (Å²) in [5, 5.41) is 6.45. The van der Waals surface area contributed by atoms with Crippen molar-refractivity contribution >= 4 is 21.9 Å². The average Bonchev–Trinajstić information content (AvgIpc) is 2.51. The van der Waals surface area contributed by atoms with Crippen molar-refractivity contribution in [3.63, 3.8) is 0 Å². The molecular weight excluding hydrogens is 351 g/mol. The van der Waals surface area contributed by atoms with E-state index < -0.39 is 0 Å². The quantitative estimate of drug-likeness (QED) is 0.608. The van der Waals surface area contributed by atoms with E-state index in [1.165, 1.54) is 12.1 Å². The maximum Gasteiger partial charge on any atom is 0.191 e. The van der Waals surface area contributed by atoms with E-state index >= 15 is 0 Å². The van der Waals surface area contributed by atoms with Crippen LogP contribution in [0.25, 0.3) is 0 Å². The van der Waals surface area contributed by atoms with Crippen LogP contribution in [0, 0.1) is 5.82 Å². The molecule has 0 aliphatic carbocycles. The molecule has 22 heavy (non-hydrogen) atoms. The van der Waals surface area contributed by atoms with Gasteiger partial charge in [0.1, 0.15) is 5.82 Å².